The minimum atomic E-state index is -3.05. The minimum Gasteiger partial charge on any atom is -0.327 e. The molecule has 0 radical (unpaired) electrons. The average molecular weight is 246 g/mol. The lowest BCUT2D eigenvalue weighted by molar-refractivity contribution is 0.314. The van der Waals surface area contributed by atoms with Crippen molar-refractivity contribution in [2.75, 3.05) is 18.8 Å². The number of piperidine rings is 1. The molecular formula is C11H22N2O2S. The van der Waals surface area contributed by atoms with Gasteiger partial charge in [0.15, 0.2) is 0 Å². The third kappa shape index (κ3) is 2.96. The predicted octanol–water partition coefficient (Wildman–Crippen LogP) is 0.929. The van der Waals surface area contributed by atoms with Gasteiger partial charge in [-0.05, 0) is 31.6 Å². The average Bonchev–Trinajstić information content (AvgIpc) is 2.70. The van der Waals surface area contributed by atoms with Gasteiger partial charge in [-0.3, -0.25) is 0 Å². The Balaban J connectivity index is 1.94. The van der Waals surface area contributed by atoms with E-state index in [9.17, 15) is 8.42 Å². The normalized spacial score (nSPS) is 29.7. The summed E-state index contributed by atoms with van der Waals surface area (Å²) in [6.45, 7) is 1.19. The van der Waals surface area contributed by atoms with Crippen molar-refractivity contribution in [1.82, 2.24) is 4.31 Å². The fourth-order valence-corrected chi connectivity index (χ4v) is 4.77. The van der Waals surface area contributed by atoms with E-state index in [0.29, 0.717) is 24.8 Å². The van der Waals surface area contributed by atoms with E-state index in [1.807, 2.05) is 0 Å². The lowest BCUT2D eigenvalue weighted by Crippen LogP contribution is -2.47. The highest BCUT2D eigenvalue weighted by Crippen LogP contribution is 2.27. The van der Waals surface area contributed by atoms with Crippen LogP contribution in [0.15, 0.2) is 0 Å². The quantitative estimate of drug-likeness (QED) is 0.805. The van der Waals surface area contributed by atoms with Crippen LogP contribution in [0.2, 0.25) is 0 Å². The molecule has 0 bridgehead atoms. The Morgan fingerprint density at radius 2 is 1.81 bits per heavy atom. The third-order valence-electron chi connectivity index (χ3n) is 3.74. The molecule has 4 nitrogen and oxygen atoms in total. The van der Waals surface area contributed by atoms with Gasteiger partial charge in [-0.1, -0.05) is 12.8 Å². The van der Waals surface area contributed by atoms with Crippen LogP contribution in [0.25, 0.3) is 0 Å². The molecule has 0 unspecified atom stereocenters. The predicted molar refractivity (Wildman–Crippen MR) is 64.5 cm³/mol. The van der Waals surface area contributed by atoms with Crippen molar-refractivity contribution in [1.29, 1.82) is 0 Å². The third-order valence-corrected chi connectivity index (χ3v) is 5.75. The lowest BCUT2D eigenvalue weighted by Gasteiger charge is -2.30. The van der Waals surface area contributed by atoms with Gasteiger partial charge >= 0.3 is 0 Å². The maximum atomic E-state index is 12.2. The van der Waals surface area contributed by atoms with Gasteiger partial charge in [-0.25, -0.2) is 12.7 Å². The van der Waals surface area contributed by atoms with Crippen molar-refractivity contribution < 1.29 is 8.42 Å². The maximum Gasteiger partial charge on any atom is 0.214 e. The SMILES string of the molecule is N[C@@H]1CCCN(S(=O)(=O)CC2CCCC2)C1. The molecule has 5 heteroatoms. The van der Waals surface area contributed by atoms with Crippen LogP contribution < -0.4 is 5.73 Å². The molecule has 1 heterocycles. The second-order valence-electron chi connectivity index (χ2n) is 5.19. The first-order valence-electron chi connectivity index (χ1n) is 6.31. The molecule has 2 aliphatic rings. The Hall–Kier alpha value is -0.130. The van der Waals surface area contributed by atoms with Gasteiger partial charge in [0, 0.05) is 19.1 Å². The highest BCUT2D eigenvalue weighted by molar-refractivity contribution is 7.89. The first-order valence-corrected chi connectivity index (χ1v) is 7.92. The van der Waals surface area contributed by atoms with Crippen LogP contribution in [-0.2, 0) is 10.0 Å². The standard InChI is InChI=1S/C11H22N2O2S/c12-11-6-3-7-13(8-11)16(14,15)9-10-4-1-2-5-10/h10-11H,1-9,12H2/t11-/m1/s1. The van der Waals surface area contributed by atoms with Crippen LogP contribution >= 0.6 is 0 Å². The van der Waals surface area contributed by atoms with Crippen LogP contribution in [0, 0.1) is 5.92 Å². The van der Waals surface area contributed by atoms with E-state index in [-0.39, 0.29) is 6.04 Å². The molecule has 0 aromatic carbocycles. The van der Waals surface area contributed by atoms with Gasteiger partial charge in [0.1, 0.15) is 0 Å². The highest BCUT2D eigenvalue weighted by atomic mass is 32.2. The van der Waals surface area contributed by atoms with Crippen molar-refractivity contribution in [2.45, 2.75) is 44.6 Å². The van der Waals surface area contributed by atoms with Crippen molar-refractivity contribution in [3.63, 3.8) is 0 Å². The summed E-state index contributed by atoms with van der Waals surface area (Å²) in [7, 11) is -3.05. The molecular weight excluding hydrogens is 224 g/mol. The van der Waals surface area contributed by atoms with E-state index in [1.54, 1.807) is 4.31 Å². The zero-order valence-corrected chi connectivity index (χ0v) is 10.6. The molecule has 0 aromatic rings. The topological polar surface area (TPSA) is 63.4 Å². The summed E-state index contributed by atoms with van der Waals surface area (Å²) in [4.78, 5) is 0. The number of nitrogens with zero attached hydrogens (tertiary/aromatic N) is 1. The van der Waals surface area contributed by atoms with E-state index in [1.165, 1.54) is 12.8 Å². The molecule has 2 rings (SSSR count). The fourth-order valence-electron chi connectivity index (χ4n) is 2.81. The van der Waals surface area contributed by atoms with Crippen LogP contribution in [0.1, 0.15) is 38.5 Å². The van der Waals surface area contributed by atoms with Crippen molar-refractivity contribution in [3.8, 4) is 0 Å². The zero-order chi connectivity index (χ0) is 11.6. The van der Waals surface area contributed by atoms with E-state index >= 15 is 0 Å². The van der Waals surface area contributed by atoms with Gasteiger partial charge in [0.05, 0.1) is 5.75 Å². The first-order chi connectivity index (χ1) is 7.58. The summed E-state index contributed by atoms with van der Waals surface area (Å²) in [5, 5.41) is 0. The van der Waals surface area contributed by atoms with Gasteiger partial charge in [0.25, 0.3) is 0 Å². The smallest absolute Gasteiger partial charge is 0.214 e. The summed E-state index contributed by atoms with van der Waals surface area (Å²) >= 11 is 0. The van der Waals surface area contributed by atoms with Crippen molar-refractivity contribution in [2.24, 2.45) is 11.7 Å². The van der Waals surface area contributed by atoms with Crippen LogP contribution in [-0.4, -0.2) is 37.6 Å². The molecule has 1 saturated carbocycles. The van der Waals surface area contributed by atoms with Gasteiger partial charge in [-0.2, -0.15) is 0 Å². The Kier molecular flexibility index (Phi) is 3.87. The molecule has 1 aliphatic heterocycles. The maximum absolute atomic E-state index is 12.2. The summed E-state index contributed by atoms with van der Waals surface area (Å²) in [6.07, 6.45) is 6.41. The van der Waals surface area contributed by atoms with Gasteiger partial charge < -0.3 is 5.73 Å². The summed E-state index contributed by atoms with van der Waals surface area (Å²) in [5.41, 5.74) is 5.82. The van der Waals surface area contributed by atoms with Crippen molar-refractivity contribution in [3.05, 3.63) is 0 Å². The fraction of sp³-hybridized carbons (Fsp3) is 1.00. The second kappa shape index (κ2) is 5.02. The molecule has 2 N–H and O–H groups in total. The Bertz CT molecular complexity index is 323. The zero-order valence-electron chi connectivity index (χ0n) is 9.77. The molecule has 0 amide bonds. The van der Waals surface area contributed by atoms with E-state index < -0.39 is 10.0 Å². The minimum absolute atomic E-state index is 0.0344. The molecule has 1 atom stereocenters. The van der Waals surface area contributed by atoms with E-state index in [4.69, 9.17) is 5.73 Å². The Morgan fingerprint density at radius 1 is 1.12 bits per heavy atom. The summed E-state index contributed by atoms with van der Waals surface area (Å²) < 4.78 is 25.9. The monoisotopic (exact) mass is 246 g/mol. The van der Waals surface area contributed by atoms with E-state index in [0.717, 1.165) is 25.7 Å². The Morgan fingerprint density at radius 3 is 2.44 bits per heavy atom. The van der Waals surface area contributed by atoms with Gasteiger partial charge in [0.2, 0.25) is 10.0 Å². The largest absolute Gasteiger partial charge is 0.327 e. The molecule has 94 valence electrons. The Labute approximate surface area is 98.2 Å². The summed E-state index contributed by atoms with van der Waals surface area (Å²) in [5.74, 6) is 0.739. The highest BCUT2D eigenvalue weighted by Gasteiger charge is 2.30. The number of sulfonamides is 1. The first kappa shape index (κ1) is 12.3. The molecule has 0 aromatic heterocycles. The van der Waals surface area contributed by atoms with Crippen molar-refractivity contribution >= 4 is 10.0 Å². The molecule has 2 fully saturated rings. The molecule has 1 aliphatic carbocycles. The second-order valence-corrected chi connectivity index (χ2v) is 7.20. The van der Waals surface area contributed by atoms with Crippen LogP contribution in [0.5, 0.6) is 0 Å². The summed E-state index contributed by atoms with van der Waals surface area (Å²) in [6, 6.07) is 0.0344. The van der Waals surface area contributed by atoms with Gasteiger partial charge in [-0.15, -0.1) is 0 Å². The lowest BCUT2D eigenvalue weighted by atomic mass is 10.1. The number of hydrogen-bond acceptors (Lipinski definition) is 3. The number of rotatable bonds is 3. The van der Waals surface area contributed by atoms with Crippen LogP contribution in [0.3, 0.4) is 0 Å². The molecule has 1 saturated heterocycles. The molecule has 0 spiro atoms. The number of nitrogens with two attached hydrogens (primary N) is 1. The van der Waals surface area contributed by atoms with E-state index in [2.05, 4.69) is 0 Å². The number of hydrogen-bond donors (Lipinski definition) is 1. The van der Waals surface area contributed by atoms with Crippen LogP contribution in [0.4, 0.5) is 0 Å². The molecule has 16 heavy (non-hydrogen) atoms.